The second-order valence-electron chi connectivity index (χ2n) is 12.7. The van der Waals surface area contributed by atoms with Gasteiger partial charge in [-0.15, -0.1) is 0 Å². The van der Waals surface area contributed by atoms with E-state index in [1.165, 1.54) is 16.4 Å². The highest BCUT2D eigenvalue weighted by Gasteiger charge is 2.44. The van der Waals surface area contributed by atoms with E-state index in [1.54, 1.807) is 23.3 Å². The van der Waals surface area contributed by atoms with E-state index in [9.17, 15) is 18.3 Å². The Morgan fingerprint density at radius 3 is 2.63 bits per heavy atom. The van der Waals surface area contributed by atoms with E-state index in [0.29, 0.717) is 43.4 Å². The topological polar surface area (TPSA) is 173 Å². The molecule has 0 bridgehead atoms. The number of nitrogens with one attached hydrogen (secondary N) is 1. The van der Waals surface area contributed by atoms with E-state index in [-0.39, 0.29) is 49.6 Å². The van der Waals surface area contributed by atoms with E-state index in [2.05, 4.69) is 15.5 Å². The molecule has 6 rings (SSSR count). The van der Waals surface area contributed by atoms with Crippen LogP contribution >= 0.6 is 0 Å². The fourth-order valence-electron chi connectivity index (χ4n) is 6.08. The number of sulfonamides is 1. The SMILES string of the molecule is CC(C)CN(C[C@@H](O)[C@H](Cc1ccc(OCCCn2nccn2)cc1)NC(=O)OC1COC2OCCC12)S(=O)(=O)c1ccc2c(c1)OCO2. The fraction of sp³-hybridized carbons (Fsp3) is 0.545. The Labute approximate surface area is 285 Å². The molecule has 49 heavy (non-hydrogen) atoms. The Morgan fingerprint density at radius 2 is 1.86 bits per heavy atom. The number of rotatable bonds is 16. The summed E-state index contributed by atoms with van der Waals surface area (Å²) >= 11 is 0. The molecule has 3 aromatic rings. The highest BCUT2D eigenvalue weighted by Crippen LogP contribution is 2.35. The first-order valence-electron chi connectivity index (χ1n) is 16.5. The van der Waals surface area contributed by atoms with Crippen LogP contribution in [0.1, 0.15) is 32.3 Å². The third-order valence-corrected chi connectivity index (χ3v) is 10.4. The lowest BCUT2D eigenvalue weighted by atomic mass is 10.0. The Bertz CT molecular complexity index is 1640. The van der Waals surface area contributed by atoms with Crippen molar-refractivity contribution in [3.05, 3.63) is 60.4 Å². The lowest BCUT2D eigenvalue weighted by Crippen LogP contribution is -2.51. The molecule has 16 heteroatoms. The highest BCUT2D eigenvalue weighted by molar-refractivity contribution is 7.89. The summed E-state index contributed by atoms with van der Waals surface area (Å²) in [5.74, 6) is 1.34. The quantitative estimate of drug-likeness (QED) is 0.210. The number of benzene rings is 2. The van der Waals surface area contributed by atoms with Crippen molar-refractivity contribution >= 4 is 16.1 Å². The first-order chi connectivity index (χ1) is 23.7. The van der Waals surface area contributed by atoms with Gasteiger partial charge in [0.25, 0.3) is 0 Å². The van der Waals surface area contributed by atoms with Gasteiger partial charge >= 0.3 is 6.09 Å². The molecule has 0 aliphatic carbocycles. The predicted molar refractivity (Wildman–Crippen MR) is 173 cm³/mol. The highest BCUT2D eigenvalue weighted by atomic mass is 32.2. The summed E-state index contributed by atoms with van der Waals surface area (Å²) in [6, 6.07) is 10.8. The van der Waals surface area contributed by atoms with Crippen molar-refractivity contribution in [3.63, 3.8) is 0 Å². The summed E-state index contributed by atoms with van der Waals surface area (Å²) in [5, 5.41) is 22.6. The summed E-state index contributed by atoms with van der Waals surface area (Å²) in [6.07, 6.45) is 1.96. The van der Waals surface area contributed by atoms with Crippen LogP contribution in [0.2, 0.25) is 0 Å². The van der Waals surface area contributed by atoms with Crippen molar-refractivity contribution in [2.45, 2.75) is 69.1 Å². The normalized spacial score (nSPS) is 21.1. The van der Waals surface area contributed by atoms with Crippen LogP contribution < -0.4 is 19.5 Å². The number of amides is 1. The van der Waals surface area contributed by atoms with Crippen molar-refractivity contribution in [1.82, 2.24) is 24.6 Å². The Morgan fingerprint density at radius 1 is 1.08 bits per heavy atom. The van der Waals surface area contributed by atoms with E-state index < -0.39 is 40.7 Å². The Hall–Kier alpha value is -3.96. The number of nitrogens with zero attached hydrogens (tertiary/aromatic N) is 4. The second kappa shape index (κ2) is 15.7. The molecule has 0 saturated carbocycles. The smallest absolute Gasteiger partial charge is 0.407 e. The summed E-state index contributed by atoms with van der Waals surface area (Å²) in [4.78, 5) is 14.8. The number of hydrogen-bond acceptors (Lipinski definition) is 12. The zero-order valence-electron chi connectivity index (χ0n) is 27.5. The molecule has 2 N–H and O–H groups in total. The van der Waals surface area contributed by atoms with Gasteiger partial charge in [0.15, 0.2) is 17.8 Å². The zero-order valence-corrected chi connectivity index (χ0v) is 28.4. The van der Waals surface area contributed by atoms with Gasteiger partial charge < -0.3 is 38.8 Å². The van der Waals surface area contributed by atoms with Crippen LogP contribution in [0.5, 0.6) is 17.2 Å². The molecule has 2 aromatic carbocycles. The molecule has 1 aromatic heterocycles. The van der Waals surface area contributed by atoms with Crippen LogP contribution in [0.4, 0.5) is 4.79 Å². The molecular formula is C33H43N5O10S. The molecule has 1 amide bonds. The Balaban J connectivity index is 1.15. The lowest BCUT2D eigenvalue weighted by Gasteiger charge is -2.31. The van der Waals surface area contributed by atoms with Crippen LogP contribution in [0.3, 0.4) is 0 Å². The van der Waals surface area contributed by atoms with Gasteiger partial charge in [0.2, 0.25) is 16.8 Å². The Kier molecular flexibility index (Phi) is 11.2. The van der Waals surface area contributed by atoms with Gasteiger partial charge in [-0.2, -0.15) is 19.3 Å². The number of aryl methyl sites for hydroxylation is 1. The molecular weight excluding hydrogens is 658 g/mol. The molecule has 0 radical (unpaired) electrons. The monoisotopic (exact) mass is 701 g/mol. The van der Waals surface area contributed by atoms with Gasteiger partial charge in [-0.05, 0) is 48.6 Å². The number of aliphatic hydroxyl groups excluding tert-OH is 1. The molecule has 2 fully saturated rings. The largest absolute Gasteiger partial charge is 0.494 e. The van der Waals surface area contributed by atoms with Gasteiger partial charge in [0, 0.05) is 25.6 Å². The summed E-state index contributed by atoms with van der Waals surface area (Å²) in [5.41, 5.74) is 0.792. The third kappa shape index (κ3) is 8.80. The summed E-state index contributed by atoms with van der Waals surface area (Å²) < 4.78 is 62.6. The van der Waals surface area contributed by atoms with Gasteiger partial charge in [-0.25, -0.2) is 13.2 Å². The van der Waals surface area contributed by atoms with Gasteiger partial charge in [-0.1, -0.05) is 26.0 Å². The number of carbonyl (C=O) groups is 1. The summed E-state index contributed by atoms with van der Waals surface area (Å²) in [6.45, 7) is 5.49. The molecule has 3 aliphatic heterocycles. The maximum absolute atomic E-state index is 13.9. The number of ether oxygens (including phenoxy) is 6. The van der Waals surface area contributed by atoms with E-state index in [4.69, 9.17) is 28.4 Å². The minimum atomic E-state index is -4.07. The van der Waals surface area contributed by atoms with Crippen LogP contribution in [0.25, 0.3) is 0 Å². The second-order valence-corrected chi connectivity index (χ2v) is 14.6. The number of fused-ring (bicyclic) bond motifs is 2. The average Bonchev–Trinajstić information content (AvgIpc) is 3.90. The number of aliphatic hydroxyl groups is 1. The van der Waals surface area contributed by atoms with Gasteiger partial charge in [0.1, 0.15) is 11.9 Å². The summed E-state index contributed by atoms with van der Waals surface area (Å²) in [7, 11) is -4.07. The maximum Gasteiger partial charge on any atom is 0.407 e. The lowest BCUT2D eigenvalue weighted by molar-refractivity contribution is -0.0907. The standard InChI is InChI=1S/C33H43N5O10S/c1-22(2)18-37(49(41,42)25-8-9-29-30(17-25)47-21-46-29)19-28(39)27(36-33(40)48-31-20-45-32-26(31)10-15-44-32)16-23-4-6-24(7-5-23)43-14-3-13-38-34-11-12-35-38/h4-9,11-12,17,22,26-28,31-32,39H,3,10,13-16,18-21H2,1-2H3,(H,36,40)/t26?,27-,28+,31?,32?/m0/s1. The number of hydrogen-bond donors (Lipinski definition) is 2. The molecule has 3 aliphatic rings. The van der Waals surface area contributed by atoms with Crippen LogP contribution in [0, 0.1) is 11.8 Å². The minimum absolute atomic E-state index is 0.00895. The zero-order chi connectivity index (χ0) is 34.4. The van der Waals surface area contributed by atoms with Crippen molar-refractivity contribution in [2.75, 3.05) is 39.7 Å². The molecule has 15 nitrogen and oxygen atoms in total. The van der Waals surface area contributed by atoms with E-state index in [1.807, 2.05) is 38.1 Å². The van der Waals surface area contributed by atoms with Crippen LogP contribution in [-0.4, -0.2) is 103 Å². The first kappa shape index (κ1) is 34.9. The number of carbonyl (C=O) groups excluding carboxylic acids is 1. The number of alkyl carbamates (subject to hydrolysis) is 1. The van der Waals surface area contributed by atoms with Gasteiger partial charge in [0.05, 0.1) is 61.7 Å². The maximum atomic E-state index is 13.9. The molecule has 5 atom stereocenters. The molecule has 266 valence electrons. The first-order valence-corrected chi connectivity index (χ1v) is 17.9. The van der Waals surface area contributed by atoms with Crippen LogP contribution in [-0.2, 0) is 37.2 Å². The van der Waals surface area contributed by atoms with Crippen molar-refractivity contribution < 1.29 is 46.7 Å². The van der Waals surface area contributed by atoms with Crippen molar-refractivity contribution in [3.8, 4) is 17.2 Å². The molecule has 4 heterocycles. The molecule has 2 saturated heterocycles. The molecule has 3 unspecified atom stereocenters. The predicted octanol–water partition coefficient (Wildman–Crippen LogP) is 2.58. The van der Waals surface area contributed by atoms with Crippen LogP contribution in [0.15, 0.2) is 59.8 Å². The van der Waals surface area contributed by atoms with Crippen molar-refractivity contribution in [2.24, 2.45) is 11.8 Å². The third-order valence-electron chi connectivity index (χ3n) is 8.57. The molecule has 0 spiro atoms. The van der Waals surface area contributed by atoms with E-state index in [0.717, 1.165) is 12.0 Å². The minimum Gasteiger partial charge on any atom is -0.494 e. The average molecular weight is 702 g/mol. The van der Waals surface area contributed by atoms with E-state index >= 15 is 0 Å². The van der Waals surface area contributed by atoms with Crippen molar-refractivity contribution in [1.29, 1.82) is 0 Å². The van der Waals surface area contributed by atoms with Gasteiger partial charge in [-0.3, -0.25) is 0 Å². The number of aromatic nitrogens is 3. The fourth-order valence-corrected chi connectivity index (χ4v) is 7.72.